The van der Waals surface area contributed by atoms with Gasteiger partial charge >= 0.3 is 0 Å². The molecule has 23 heavy (non-hydrogen) atoms. The van der Waals surface area contributed by atoms with E-state index >= 15 is 0 Å². The summed E-state index contributed by atoms with van der Waals surface area (Å²) in [4.78, 5) is 14.8. The van der Waals surface area contributed by atoms with Gasteiger partial charge in [-0.25, -0.2) is 0 Å². The highest BCUT2D eigenvalue weighted by Crippen LogP contribution is 2.44. The van der Waals surface area contributed by atoms with E-state index in [2.05, 4.69) is 48.8 Å². The Morgan fingerprint density at radius 3 is 2.43 bits per heavy atom. The van der Waals surface area contributed by atoms with Crippen molar-refractivity contribution in [3.63, 3.8) is 0 Å². The van der Waals surface area contributed by atoms with Crippen molar-refractivity contribution in [2.45, 2.75) is 52.5 Å². The topological polar surface area (TPSA) is 40.5 Å². The molecule has 0 aromatic heterocycles. The van der Waals surface area contributed by atoms with Crippen molar-refractivity contribution in [2.75, 3.05) is 13.2 Å². The molecule has 3 nitrogen and oxygen atoms in total. The molecule has 0 bridgehead atoms. The van der Waals surface area contributed by atoms with Crippen LogP contribution >= 0.6 is 15.9 Å². The second-order valence-corrected chi connectivity index (χ2v) is 8.00. The fourth-order valence-corrected chi connectivity index (χ4v) is 3.98. The third-order valence-electron chi connectivity index (χ3n) is 5.55. The molecule has 128 valence electrons. The molecule has 2 rings (SSSR count). The van der Waals surface area contributed by atoms with Crippen LogP contribution in [0.15, 0.2) is 28.7 Å². The quantitative estimate of drug-likeness (QED) is 0.784. The molecule has 1 aromatic carbocycles. The van der Waals surface area contributed by atoms with Crippen molar-refractivity contribution in [3.8, 4) is 0 Å². The van der Waals surface area contributed by atoms with Crippen LogP contribution in [0.3, 0.4) is 0 Å². The lowest BCUT2D eigenvalue weighted by Gasteiger charge is -2.46. The van der Waals surface area contributed by atoms with E-state index in [1.807, 2.05) is 17.0 Å². The minimum atomic E-state index is 0.0513. The molecule has 1 aromatic rings. The van der Waals surface area contributed by atoms with E-state index in [1.54, 1.807) is 0 Å². The Labute approximate surface area is 148 Å². The van der Waals surface area contributed by atoms with Crippen molar-refractivity contribution in [2.24, 2.45) is 11.3 Å². The van der Waals surface area contributed by atoms with Gasteiger partial charge in [0.05, 0.1) is 6.04 Å². The summed E-state index contributed by atoms with van der Waals surface area (Å²) in [7, 11) is 0. The van der Waals surface area contributed by atoms with E-state index < -0.39 is 0 Å². The molecular weight excluding hydrogens is 354 g/mol. The van der Waals surface area contributed by atoms with Gasteiger partial charge in [0.25, 0.3) is 0 Å². The molecule has 1 heterocycles. The van der Waals surface area contributed by atoms with E-state index in [4.69, 9.17) is 0 Å². The standard InChI is InChI=1S/C19H28BrNO2/c1-14(2)19(9-4-12-22)10-11-21(18(23)13-19)15(3)16-5-7-17(20)8-6-16/h5-8,14-15,22H,4,9-13H2,1-3H3/t15-,19?/m0/s1. The number of halogens is 1. The number of carbonyl (C=O) groups is 1. The second kappa shape index (κ2) is 7.80. The number of carbonyl (C=O) groups excluding carboxylic acids is 1. The van der Waals surface area contributed by atoms with Crippen LogP contribution in [0.1, 0.15) is 58.1 Å². The molecule has 1 amide bonds. The summed E-state index contributed by atoms with van der Waals surface area (Å²) in [5, 5.41) is 9.17. The molecule has 1 unspecified atom stereocenters. The fraction of sp³-hybridized carbons (Fsp3) is 0.632. The first kappa shape index (κ1) is 18.5. The van der Waals surface area contributed by atoms with Crippen LogP contribution in [-0.2, 0) is 4.79 Å². The summed E-state index contributed by atoms with van der Waals surface area (Å²) in [6.45, 7) is 7.54. The van der Waals surface area contributed by atoms with Gasteiger partial charge in [0, 0.05) is 24.0 Å². The Bertz CT molecular complexity index is 529. The molecular formula is C19H28BrNO2. The van der Waals surface area contributed by atoms with Gasteiger partial charge in [-0.15, -0.1) is 0 Å². The minimum absolute atomic E-state index is 0.0513. The molecule has 1 saturated heterocycles. The number of rotatable bonds is 6. The average molecular weight is 382 g/mol. The maximum absolute atomic E-state index is 12.8. The lowest BCUT2D eigenvalue weighted by molar-refractivity contribution is -0.143. The van der Waals surface area contributed by atoms with E-state index in [-0.39, 0.29) is 24.0 Å². The first-order valence-electron chi connectivity index (χ1n) is 8.55. The zero-order valence-corrected chi connectivity index (χ0v) is 16.0. The number of aliphatic hydroxyl groups is 1. The highest BCUT2D eigenvalue weighted by atomic mass is 79.9. The maximum Gasteiger partial charge on any atom is 0.223 e. The monoisotopic (exact) mass is 381 g/mol. The van der Waals surface area contributed by atoms with Crippen LogP contribution in [0.25, 0.3) is 0 Å². The third-order valence-corrected chi connectivity index (χ3v) is 6.08. The number of nitrogens with zero attached hydrogens (tertiary/aromatic N) is 1. The lowest BCUT2D eigenvalue weighted by atomic mass is 9.67. The summed E-state index contributed by atoms with van der Waals surface area (Å²) in [6.07, 6.45) is 3.35. The van der Waals surface area contributed by atoms with Gasteiger partial charge in [0.2, 0.25) is 5.91 Å². The smallest absolute Gasteiger partial charge is 0.223 e. The van der Waals surface area contributed by atoms with E-state index in [0.717, 1.165) is 30.3 Å². The highest BCUT2D eigenvalue weighted by Gasteiger charge is 2.41. The lowest BCUT2D eigenvalue weighted by Crippen LogP contribution is -2.47. The molecule has 4 heteroatoms. The zero-order valence-electron chi connectivity index (χ0n) is 14.4. The zero-order chi connectivity index (χ0) is 17.0. The number of hydrogen-bond donors (Lipinski definition) is 1. The van der Waals surface area contributed by atoms with E-state index in [0.29, 0.717) is 12.3 Å². The number of piperidine rings is 1. The summed E-state index contributed by atoms with van der Waals surface area (Å²) in [5.74, 6) is 0.710. The average Bonchev–Trinajstić information content (AvgIpc) is 2.53. The Balaban J connectivity index is 2.10. The molecule has 1 aliphatic heterocycles. The first-order valence-corrected chi connectivity index (χ1v) is 9.35. The Hall–Kier alpha value is -0.870. The molecule has 2 atom stereocenters. The summed E-state index contributed by atoms with van der Waals surface area (Å²) in [6, 6.07) is 8.33. The predicted molar refractivity (Wildman–Crippen MR) is 97.1 cm³/mol. The fourth-order valence-electron chi connectivity index (χ4n) is 3.72. The molecule has 1 fully saturated rings. The molecule has 0 radical (unpaired) electrons. The number of aliphatic hydroxyl groups excluding tert-OH is 1. The normalized spacial score (nSPS) is 23.4. The van der Waals surface area contributed by atoms with E-state index in [9.17, 15) is 9.90 Å². The highest BCUT2D eigenvalue weighted by molar-refractivity contribution is 9.10. The van der Waals surface area contributed by atoms with Gasteiger partial charge in [0.1, 0.15) is 0 Å². The molecule has 0 saturated carbocycles. The van der Waals surface area contributed by atoms with Crippen LogP contribution in [0.5, 0.6) is 0 Å². The number of benzene rings is 1. The van der Waals surface area contributed by atoms with Gasteiger partial charge in [-0.3, -0.25) is 4.79 Å². The Morgan fingerprint density at radius 2 is 1.91 bits per heavy atom. The molecule has 1 N–H and O–H groups in total. The maximum atomic E-state index is 12.8. The number of hydrogen-bond acceptors (Lipinski definition) is 2. The minimum Gasteiger partial charge on any atom is -0.396 e. The van der Waals surface area contributed by atoms with Crippen LogP contribution in [0, 0.1) is 11.3 Å². The van der Waals surface area contributed by atoms with Crippen molar-refractivity contribution in [1.29, 1.82) is 0 Å². The van der Waals surface area contributed by atoms with Crippen molar-refractivity contribution in [3.05, 3.63) is 34.3 Å². The number of amides is 1. The van der Waals surface area contributed by atoms with Crippen molar-refractivity contribution in [1.82, 2.24) is 4.90 Å². The second-order valence-electron chi connectivity index (χ2n) is 7.09. The summed E-state index contributed by atoms with van der Waals surface area (Å²) >= 11 is 3.46. The van der Waals surface area contributed by atoms with Gasteiger partial charge in [-0.05, 0) is 55.2 Å². The Morgan fingerprint density at radius 1 is 1.26 bits per heavy atom. The predicted octanol–water partition coefficient (Wildman–Crippen LogP) is 4.55. The first-order chi connectivity index (χ1) is 10.9. The number of likely N-dealkylation sites (tertiary alicyclic amines) is 1. The van der Waals surface area contributed by atoms with Crippen molar-refractivity contribution < 1.29 is 9.90 Å². The van der Waals surface area contributed by atoms with Crippen LogP contribution < -0.4 is 0 Å². The van der Waals surface area contributed by atoms with Crippen LogP contribution in [0.4, 0.5) is 0 Å². The van der Waals surface area contributed by atoms with Gasteiger partial charge < -0.3 is 10.0 Å². The van der Waals surface area contributed by atoms with Gasteiger partial charge in [0.15, 0.2) is 0 Å². The molecule has 0 spiro atoms. The SMILES string of the molecule is CC(C)C1(CCCO)CCN([C@@H](C)c2ccc(Br)cc2)C(=O)C1. The van der Waals surface area contributed by atoms with Crippen molar-refractivity contribution >= 4 is 21.8 Å². The molecule has 1 aliphatic rings. The molecule has 0 aliphatic carbocycles. The summed E-state index contributed by atoms with van der Waals surface area (Å²) in [5.41, 5.74) is 1.23. The third kappa shape index (κ3) is 4.16. The van der Waals surface area contributed by atoms with Crippen LogP contribution in [-0.4, -0.2) is 29.1 Å². The Kier molecular flexibility index (Phi) is 6.26. The van der Waals surface area contributed by atoms with E-state index in [1.165, 1.54) is 5.56 Å². The van der Waals surface area contributed by atoms with Gasteiger partial charge in [-0.1, -0.05) is 41.9 Å². The van der Waals surface area contributed by atoms with Gasteiger partial charge in [-0.2, -0.15) is 0 Å². The largest absolute Gasteiger partial charge is 0.396 e. The summed E-state index contributed by atoms with van der Waals surface area (Å²) < 4.78 is 1.06. The van der Waals surface area contributed by atoms with Crippen LogP contribution in [0.2, 0.25) is 0 Å².